The molecule has 0 atom stereocenters. The van der Waals surface area contributed by atoms with Crippen molar-refractivity contribution >= 4 is 11.9 Å². The third kappa shape index (κ3) is 1.20. The average molecular weight is 170 g/mol. The first-order chi connectivity index (χ1) is 5.61. The van der Waals surface area contributed by atoms with Gasteiger partial charge in [-0.05, 0) is 13.3 Å². The normalized spacial score (nSPS) is 21.1. The lowest BCUT2D eigenvalue weighted by Gasteiger charge is -2.27. The summed E-state index contributed by atoms with van der Waals surface area (Å²) < 4.78 is 9.17. The van der Waals surface area contributed by atoms with Gasteiger partial charge in [-0.3, -0.25) is 9.59 Å². The van der Waals surface area contributed by atoms with Crippen molar-refractivity contribution in [1.82, 2.24) is 0 Å². The van der Waals surface area contributed by atoms with Crippen molar-refractivity contribution in [2.45, 2.75) is 13.3 Å². The Labute approximate surface area is 70.1 Å². The highest BCUT2D eigenvalue weighted by Gasteiger charge is 2.46. The van der Waals surface area contributed by atoms with Crippen molar-refractivity contribution < 1.29 is 19.1 Å². The molecule has 0 aliphatic carbocycles. The van der Waals surface area contributed by atoms with Gasteiger partial charge >= 0.3 is 11.9 Å². The molecule has 4 nitrogen and oxygen atoms in total. The molecule has 0 unspecified atom stereocenters. The van der Waals surface area contributed by atoms with Gasteiger partial charge in [0.25, 0.3) is 0 Å². The van der Waals surface area contributed by atoms with Crippen molar-refractivity contribution in [3.8, 4) is 0 Å². The summed E-state index contributed by atoms with van der Waals surface area (Å²) in [5.41, 5.74) is -1.19. The van der Waals surface area contributed by atoms with E-state index in [9.17, 15) is 9.59 Å². The van der Waals surface area contributed by atoms with Crippen molar-refractivity contribution in [2.24, 2.45) is 5.41 Å². The molecular formula is C8H10O4. The Morgan fingerprint density at radius 1 is 1.50 bits per heavy atom. The van der Waals surface area contributed by atoms with Crippen LogP contribution in [0.4, 0.5) is 0 Å². The smallest absolute Gasteiger partial charge is 0.326 e. The predicted molar refractivity (Wildman–Crippen MR) is 40.0 cm³/mol. The van der Waals surface area contributed by atoms with Crippen LogP contribution in [0.5, 0.6) is 0 Å². The number of allylic oxidation sites excluding steroid dienone is 1. The van der Waals surface area contributed by atoms with Gasteiger partial charge in [-0.15, -0.1) is 6.58 Å². The molecule has 0 radical (unpaired) electrons. The van der Waals surface area contributed by atoms with E-state index in [1.807, 2.05) is 0 Å². The molecule has 66 valence electrons. The second-order valence-corrected chi connectivity index (χ2v) is 2.81. The number of carbonyl (C=O) groups is 2. The van der Waals surface area contributed by atoms with Crippen LogP contribution in [0.15, 0.2) is 12.7 Å². The highest BCUT2D eigenvalue weighted by atomic mass is 16.7. The molecule has 1 heterocycles. The van der Waals surface area contributed by atoms with Crippen LogP contribution >= 0.6 is 0 Å². The number of ether oxygens (including phenoxy) is 2. The third-order valence-corrected chi connectivity index (χ3v) is 1.83. The van der Waals surface area contributed by atoms with E-state index in [0.717, 1.165) is 0 Å². The van der Waals surface area contributed by atoms with E-state index in [4.69, 9.17) is 0 Å². The number of carbonyl (C=O) groups excluding carboxylic acids is 2. The molecule has 0 amide bonds. The Hall–Kier alpha value is -1.32. The van der Waals surface area contributed by atoms with Gasteiger partial charge in [0.1, 0.15) is 0 Å². The summed E-state index contributed by atoms with van der Waals surface area (Å²) in [6, 6.07) is 0. The largest absolute Gasteiger partial charge is 0.427 e. The molecule has 4 heteroatoms. The zero-order chi connectivity index (χ0) is 9.19. The standard InChI is InChI=1S/C8H10O4/c1-3-4-8(2)6(9)11-5-12-7(8)10/h3H,1,4-5H2,2H3. The molecule has 0 spiro atoms. The quantitative estimate of drug-likeness (QED) is 0.346. The van der Waals surface area contributed by atoms with Gasteiger partial charge < -0.3 is 9.47 Å². The molecule has 12 heavy (non-hydrogen) atoms. The van der Waals surface area contributed by atoms with Gasteiger partial charge in [-0.25, -0.2) is 0 Å². The first kappa shape index (κ1) is 8.77. The van der Waals surface area contributed by atoms with Gasteiger partial charge in [0.15, 0.2) is 5.41 Å². The molecule has 1 aliphatic rings. The Morgan fingerprint density at radius 3 is 2.42 bits per heavy atom. The summed E-state index contributed by atoms with van der Waals surface area (Å²) >= 11 is 0. The van der Waals surface area contributed by atoms with Gasteiger partial charge in [0, 0.05) is 0 Å². The fraction of sp³-hybridized carbons (Fsp3) is 0.500. The van der Waals surface area contributed by atoms with Crippen molar-refractivity contribution in [3.05, 3.63) is 12.7 Å². The summed E-state index contributed by atoms with van der Waals surface area (Å²) in [5.74, 6) is -1.09. The monoisotopic (exact) mass is 170 g/mol. The van der Waals surface area contributed by atoms with E-state index in [0.29, 0.717) is 0 Å². The second-order valence-electron chi connectivity index (χ2n) is 2.81. The lowest BCUT2D eigenvalue weighted by atomic mass is 9.86. The van der Waals surface area contributed by atoms with Crippen LogP contribution in [-0.4, -0.2) is 18.7 Å². The fourth-order valence-corrected chi connectivity index (χ4v) is 0.994. The molecule has 1 rings (SSSR count). The highest BCUT2D eigenvalue weighted by molar-refractivity contribution is 6.00. The molecule has 1 fully saturated rings. The number of cyclic esters (lactones) is 2. The van der Waals surface area contributed by atoms with Crippen LogP contribution in [0.25, 0.3) is 0 Å². The van der Waals surface area contributed by atoms with E-state index < -0.39 is 17.4 Å². The first-order valence-corrected chi connectivity index (χ1v) is 3.56. The zero-order valence-electron chi connectivity index (χ0n) is 6.83. The first-order valence-electron chi connectivity index (χ1n) is 3.56. The summed E-state index contributed by atoms with van der Waals surface area (Å²) in [5, 5.41) is 0. The number of rotatable bonds is 2. The van der Waals surface area contributed by atoms with Gasteiger partial charge in [0.2, 0.25) is 6.79 Å². The van der Waals surface area contributed by atoms with Crippen LogP contribution in [-0.2, 0) is 19.1 Å². The van der Waals surface area contributed by atoms with E-state index in [1.165, 1.54) is 13.0 Å². The third-order valence-electron chi connectivity index (χ3n) is 1.83. The molecule has 1 saturated heterocycles. The minimum Gasteiger partial charge on any atom is -0.427 e. The molecule has 0 aromatic heterocycles. The molecule has 0 saturated carbocycles. The van der Waals surface area contributed by atoms with Crippen LogP contribution < -0.4 is 0 Å². The van der Waals surface area contributed by atoms with Gasteiger partial charge in [-0.1, -0.05) is 6.08 Å². The maximum absolute atomic E-state index is 11.1. The number of esters is 2. The SMILES string of the molecule is C=CCC1(C)C(=O)OCOC1=O. The Morgan fingerprint density at radius 2 is 2.00 bits per heavy atom. The van der Waals surface area contributed by atoms with Crippen LogP contribution in [0.3, 0.4) is 0 Å². The van der Waals surface area contributed by atoms with Crippen molar-refractivity contribution in [3.63, 3.8) is 0 Å². The summed E-state index contributed by atoms with van der Waals surface area (Å²) in [4.78, 5) is 22.3. The van der Waals surface area contributed by atoms with E-state index >= 15 is 0 Å². The predicted octanol–water partition coefficient (Wildman–Crippen LogP) is 0.626. The number of hydrogen-bond donors (Lipinski definition) is 0. The van der Waals surface area contributed by atoms with Gasteiger partial charge in [0.05, 0.1) is 0 Å². The van der Waals surface area contributed by atoms with Crippen LogP contribution in [0, 0.1) is 5.41 Å². The lowest BCUT2D eigenvalue weighted by Crippen LogP contribution is -2.44. The maximum atomic E-state index is 11.1. The Kier molecular flexibility index (Phi) is 2.17. The van der Waals surface area contributed by atoms with Crippen LogP contribution in [0.1, 0.15) is 13.3 Å². The van der Waals surface area contributed by atoms with Gasteiger partial charge in [-0.2, -0.15) is 0 Å². The minimum absolute atomic E-state index is 0.241. The minimum atomic E-state index is -1.19. The zero-order valence-corrected chi connectivity index (χ0v) is 6.83. The summed E-state index contributed by atoms with van der Waals surface area (Å²) in [6.45, 7) is 4.66. The Balaban J connectivity index is 2.87. The topological polar surface area (TPSA) is 52.6 Å². The van der Waals surface area contributed by atoms with Crippen molar-refractivity contribution in [2.75, 3.05) is 6.79 Å². The molecule has 1 aliphatic heterocycles. The number of hydrogen-bond acceptors (Lipinski definition) is 4. The molecule has 0 aromatic carbocycles. The molecule has 0 aromatic rings. The average Bonchev–Trinajstić information content (AvgIpc) is 2.02. The summed E-state index contributed by atoms with van der Waals surface area (Å²) in [6.07, 6.45) is 1.73. The Bertz CT molecular complexity index is 215. The maximum Gasteiger partial charge on any atom is 0.326 e. The van der Waals surface area contributed by atoms with E-state index in [2.05, 4.69) is 16.1 Å². The lowest BCUT2D eigenvalue weighted by molar-refractivity contribution is -0.199. The van der Waals surface area contributed by atoms with Crippen molar-refractivity contribution in [1.29, 1.82) is 0 Å². The molecular weight excluding hydrogens is 160 g/mol. The summed E-state index contributed by atoms with van der Waals surface area (Å²) in [7, 11) is 0. The molecule has 0 N–H and O–H groups in total. The fourth-order valence-electron chi connectivity index (χ4n) is 0.994. The second kappa shape index (κ2) is 2.97. The van der Waals surface area contributed by atoms with E-state index in [-0.39, 0.29) is 13.2 Å². The highest BCUT2D eigenvalue weighted by Crippen LogP contribution is 2.28. The van der Waals surface area contributed by atoms with E-state index in [1.54, 1.807) is 0 Å². The molecule has 0 bridgehead atoms. The van der Waals surface area contributed by atoms with Crippen LogP contribution in [0.2, 0.25) is 0 Å².